The van der Waals surface area contributed by atoms with Crippen LogP contribution in [-0.2, 0) is 9.59 Å². The number of nitro benzene ring substituents is 1. The third kappa shape index (κ3) is 2.28. The second-order valence-corrected chi connectivity index (χ2v) is 4.39. The van der Waals surface area contributed by atoms with Gasteiger partial charge in [0.1, 0.15) is 4.90 Å². The van der Waals surface area contributed by atoms with E-state index in [0.29, 0.717) is 4.90 Å². The van der Waals surface area contributed by atoms with Crippen molar-refractivity contribution in [3.8, 4) is 0 Å². The number of carbonyl (C=O) groups excluding carboxylic acids is 2. The van der Waals surface area contributed by atoms with Gasteiger partial charge in [-0.15, -0.1) is 0 Å². The zero-order valence-corrected chi connectivity index (χ0v) is 9.48. The monoisotopic (exact) mass is 252 g/mol. The number of carbonyl (C=O) groups is 2. The van der Waals surface area contributed by atoms with Crippen LogP contribution >= 0.6 is 11.9 Å². The van der Waals surface area contributed by atoms with Gasteiger partial charge >= 0.3 is 0 Å². The molecule has 6 nitrogen and oxygen atoms in total. The lowest BCUT2D eigenvalue weighted by Gasteiger charge is -2.11. The van der Waals surface area contributed by atoms with Crippen LogP contribution in [0.5, 0.6) is 0 Å². The van der Waals surface area contributed by atoms with Crippen molar-refractivity contribution in [2.45, 2.75) is 17.7 Å². The van der Waals surface area contributed by atoms with Gasteiger partial charge in [-0.1, -0.05) is 12.1 Å². The van der Waals surface area contributed by atoms with Crippen LogP contribution in [0.15, 0.2) is 29.2 Å². The van der Waals surface area contributed by atoms with E-state index >= 15 is 0 Å². The molecule has 0 saturated carbocycles. The molecule has 1 aromatic carbocycles. The van der Waals surface area contributed by atoms with E-state index in [1.54, 1.807) is 6.07 Å². The van der Waals surface area contributed by atoms with Crippen molar-refractivity contribution in [3.63, 3.8) is 0 Å². The van der Waals surface area contributed by atoms with Gasteiger partial charge < -0.3 is 0 Å². The third-order valence-electron chi connectivity index (χ3n) is 2.26. The Morgan fingerprint density at radius 1 is 1.18 bits per heavy atom. The first kappa shape index (κ1) is 11.6. The average Bonchev–Trinajstić information content (AvgIpc) is 2.61. The molecule has 1 heterocycles. The van der Waals surface area contributed by atoms with Crippen LogP contribution in [0.4, 0.5) is 5.69 Å². The fraction of sp³-hybridized carbons (Fsp3) is 0.200. The molecule has 0 spiro atoms. The van der Waals surface area contributed by atoms with Crippen molar-refractivity contribution in [2.24, 2.45) is 0 Å². The summed E-state index contributed by atoms with van der Waals surface area (Å²) in [6, 6.07) is 6.02. The van der Waals surface area contributed by atoms with Crippen molar-refractivity contribution in [1.29, 1.82) is 0 Å². The fourth-order valence-corrected chi connectivity index (χ4v) is 2.40. The Bertz CT molecular complexity index is 487. The van der Waals surface area contributed by atoms with Gasteiger partial charge in [-0.3, -0.25) is 19.7 Å². The van der Waals surface area contributed by atoms with E-state index in [2.05, 4.69) is 0 Å². The van der Waals surface area contributed by atoms with Crippen LogP contribution in [0.1, 0.15) is 12.8 Å². The number of rotatable bonds is 3. The van der Waals surface area contributed by atoms with Gasteiger partial charge in [-0.2, -0.15) is 0 Å². The number of benzene rings is 1. The van der Waals surface area contributed by atoms with E-state index in [1.807, 2.05) is 0 Å². The summed E-state index contributed by atoms with van der Waals surface area (Å²) in [6.07, 6.45) is 0.346. The summed E-state index contributed by atoms with van der Waals surface area (Å²) in [5, 5.41) is 10.8. The standard InChI is InChI=1S/C10H8N2O4S/c13-9-5-6-10(14)11(9)17-8-4-2-1-3-7(8)12(15)16/h1-4H,5-6H2. The lowest BCUT2D eigenvalue weighted by Crippen LogP contribution is -2.21. The number of amides is 2. The van der Waals surface area contributed by atoms with Gasteiger partial charge in [-0.25, -0.2) is 4.31 Å². The lowest BCUT2D eigenvalue weighted by molar-refractivity contribution is -0.387. The van der Waals surface area contributed by atoms with Crippen molar-refractivity contribution < 1.29 is 14.5 Å². The van der Waals surface area contributed by atoms with Gasteiger partial charge in [0, 0.05) is 30.9 Å². The predicted molar refractivity (Wildman–Crippen MR) is 60.0 cm³/mol. The molecule has 0 atom stereocenters. The molecule has 0 N–H and O–H groups in total. The van der Waals surface area contributed by atoms with Crippen LogP contribution < -0.4 is 0 Å². The summed E-state index contributed by atoms with van der Waals surface area (Å²) in [6.45, 7) is 0. The average molecular weight is 252 g/mol. The Morgan fingerprint density at radius 3 is 2.35 bits per heavy atom. The second-order valence-electron chi connectivity index (χ2n) is 3.40. The number of nitrogens with zero attached hydrogens (tertiary/aromatic N) is 2. The first-order chi connectivity index (χ1) is 8.09. The summed E-state index contributed by atoms with van der Waals surface area (Å²) >= 11 is 0.815. The number of hydrogen-bond acceptors (Lipinski definition) is 5. The summed E-state index contributed by atoms with van der Waals surface area (Å²) < 4.78 is 0.988. The third-order valence-corrected chi connectivity index (χ3v) is 3.39. The highest BCUT2D eigenvalue weighted by Gasteiger charge is 2.31. The number of nitro groups is 1. The highest BCUT2D eigenvalue weighted by atomic mass is 32.2. The van der Waals surface area contributed by atoms with Gasteiger partial charge in [0.2, 0.25) is 11.8 Å². The van der Waals surface area contributed by atoms with Crippen molar-refractivity contribution in [2.75, 3.05) is 0 Å². The highest BCUT2D eigenvalue weighted by molar-refractivity contribution is 7.98. The summed E-state index contributed by atoms with van der Waals surface area (Å²) in [7, 11) is 0. The van der Waals surface area contributed by atoms with E-state index in [0.717, 1.165) is 16.3 Å². The molecule has 0 unspecified atom stereocenters. The molecule has 7 heteroatoms. The predicted octanol–water partition coefficient (Wildman–Crippen LogP) is 1.75. The van der Waals surface area contributed by atoms with Crippen molar-refractivity contribution in [3.05, 3.63) is 34.4 Å². The molecule has 2 amide bonds. The van der Waals surface area contributed by atoms with E-state index in [4.69, 9.17) is 0 Å². The van der Waals surface area contributed by atoms with Gasteiger partial charge in [0.05, 0.1) is 4.92 Å². The quantitative estimate of drug-likeness (QED) is 0.354. The molecular formula is C10H8N2O4S. The number of hydrogen-bond donors (Lipinski definition) is 0. The smallest absolute Gasteiger partial charge is 0.273 e. The first-order valence-electron chi connectivity index (χ1n) is 4.87. The van der Waals surface area contributed by atoms with Gasteiger partial charge in [-0.05, 0) is 6.07 Å². The van der Waals surface area contributed by atoms with Crippen LogP contribution in [0.2, 0.25) is 0 Å². The highest BCUT2D eigenvalue weighted by Crippen LogP contribution is 2.34. The molecule has 1 aliphatic heterocycles. The van der Waals surface area contributed by atoms with E-state index < -0.39 is 4.92 Å². The molecule has 0 bridgehead atoms. The molecule has 88 valence electrons. The number of para-hydroxylation sites is 1. The zero-order chi connectivity index (χ0) is 12.4. The Balaban J connectivity index is 2.27. The minimum absolute atomic E-state index is 0.106. The molecular weight excluding hydrogens is 244 g/mol. The Kier molecular flexibility index (Phi) is 3.10. The maximum atomic E-state index is 11.4. The van der Waals surface area contributed by atoms with Crippen LogP contribution in [-0.4, -0.2) is 21.0 Å². The molecule has 1 aliphatic rings. The first-order valence-corrected chi connectivity index (χ1v) is 5.64. The van der Waals surface area contributed by atoms with Crippen LogP contribution in [0.25, 0.3) is 0 Å². The van der Waals surface area contributed by atoms with Crippen LogP contribution in [0.3, 0.4) is 0 Å². The van der Waals surface area contributed by atoms with E-state index in [1.165, 1.54) is 18.2 Å². The summed E-state index contributed by atoms with van der Waals surface area (Å²) in [5.74, 6) is -0.615. The number of imide groups is 1. The molecule has 2 rings (SSSR count). The Labute approximate surface area is 101 Å². The normalized spacial score (nSPS) is 15.4. The van der Waals surface area contributed by atoms with Gasteiger partial charge in [0.25, 0.3) is 5.69 Å². The lowest BCUT2D eigenvalue weighted by atomic mass is 10.3. The second kappa shape index (κ2) is 4.54. The minimum atomic E-state index is -0.534. The molecule has 0 aliphatic carbocycles. The summed E-state index contributed by atoms with van der Waals surface area (Å²) in [5.41, 5.74) is -0.106. The fourth-order valence-electron chi connectivity index (χ4n) is 1.44. The maximum Gasteiger partial charge on any atom is 0.284 e. The Hall–Kier alpha value is -1.89. The molecule has 1 aromatic rings. The molecule has 0 radical (unpaired) electrons. The van der Waals surface area contributed by atoms with Crippen molar-refractivity contribution in [1.82, 2.24) is 4.31 Å². The van der Waals surface area contributed by atoms with Crippen LogP contribution in [0, 0.1) is 10.1 Å². The topological polar surface area (TPSA) is 80.5 Å². The van der Waals surface area contributed by atoms with Gasteiger partial charge in [0.15, 0.2) is 0 Å². The SMILES string of the molecule is O=C1CCC(=O)N1Sc1ccccc1[N+](=O)[O-]. The van der Waals surface area contributed by atoms with E-state index in [9.17, 15) is 19.7 Å². The zero-order valence-electron chi connectivity index (χ0n) is 8.66. The summed E-state index contributed by atoms with van der Waals surface area (Å²) in [4.78, 5) is 33.3. The maximum absolute atomic E-state index is 11.4. The largest absolute Gasteiger partial charge is 0.284 e. The molecule has 1 fully saturated rings. The van der Waals surface area contributed by atoms with Crippen molar-refractivity contribution >= 4 is 29.4 Å². The van der Waals surface area contributed by atoms with E-state index in [-0.39, 0.29) is 30.3 Å². The molecule has 0 aromatic heterocycles. The molecule has 1 saturated heterocycles. The Morgan fingerprint density at radius 2 is 1.76 bits per heavy atom. The molecule has 17 heavy (non-hydrogen) atoms. The minimum Gasteiger partial charge on any atom is -0.273 e.